The normalized spacial score (nSPS) is 17.9. The molecule has 2 heterocycles. The van der Waals surface area contributed by atoms with Gasteiger partial charge in [-0.25, -0.2) is 0 Å². The number of rotatable bonds is 7. The molecule has 2 aliphatic heterocycles. The Labute approximate surface area is 203 Å². The first-order chi connectivity index (χ1) is 16.5. The zero-order chi connectivity index (χ0) is 25.4. The SMILES string of the molecule is CC1(C)COc2c(-c3cc(/C=C4\SC(=O)NC4=O)ccc3OC(F)(F)F)cc(COCCO)cc21. The summed E-state index contributed by atoms with van der Waals surface area (Å²) in [4.78, 5) is 23.6. The molecule has 2 amide bonds. The van der Waals surface area contributed by atoms with Crippen molar-refractivity contribution in [3.63, 3.8) is 0 Å². The van der Waals surface area contributed by atoms with Crippen molar-refractivity contribution in [3.8, 4) is 22.6 Å². The van der Waals surface area contributed by atoms with Gasteiger partial charge in [0.05, 0.1) is 31.3 Å². The molecule has 0 radical (unpaired) electrons. The van der Waals surface area contributed by atoms with Crippen LogP contribution in [0.25, 0.3) is 17.2 Å². The third-order valence-corrected chi connectivity index (χ3v) is 6.23. The highest BCUT2D eigenvalue weighted by atomic mass is 32.2. The van der Waals surface area contributed by atoms with Gasteiger partial charge in [-0.3, -0.25) is 14.9 Å². The van der Waals surface area contributed by atoms with E-state index >= 15 is 0 Å². The molecule has 0 spiro atoms. The average molecular weight is 510 g/mol. The highest BCUT2D eigenvalue weighted by molar-refractivity contribution is 8.18. The van der Waals surface area contributed by atoms with E-state index in [0.29, 0.717) is 40.8 Å². The maximum Gasteiger partial charge on any atom is 0.573 e. The van der Waals surface area contributed by atoms with E-state index in [-0.39, 0.29) is 30.3 Å². The number of aliphatic hydroxyl groups is 1. The average Bonchev–Trinajstić information content (AvgIpc) is 3.25. The van der Waals surface area contributed by atoms with Crippen LogP contribution >= 0.6 is 11.8 Å². The first-order valence-electron chi connectivity index (χ1n) is 10.6. The number of thioether (sulfide) groups is 1. The number of hydrogen-bond donors (Lipinski definition) is 2. The smallest absolute Gasteiger partial charge is 0.492 e. The van der Waals surface area contributed by atoms with E-state index in [4.69, 9.17) is 14.6 Å². The van der Waals surface area contributed by atoms with Gasteiger partial charge in [-0.05, 0) is 53.2 Å². The Bertz CT molecular complexity index is 1210. The van der Waals surface area contributed by atoms with Crippen LogP contribution in [0, 0.1) is 0 Å². The van der Waals surface area contributed by atoms with Gasteiger partial charge < -0.3 is 19.3 Å². The molecule has 11 heteroatoms. The second-order valence-corrected chi connectivity index (χ2v) is 9.64. The molecule has 35 heavy (non-hydrogen) atoms. The van der Waals surface area contributed by atoms with Crippen LogP contribution < -0.4 is 14.8 Å². The summed E-state index contributed by atoms with van der Waals surface area (Å²) < 4.78 is 55.4. The van der Waals surface area contributed by atoms with Gasteiger partial charge >= 0.3 is 6.36 Å². The molecule has 0 bridgehead atoms. The molecule has 0 unspecified atom stereocenters. The number of ether oxygens (including phenoxy) is 3. The lowest BCUT2D eigenvalue weighted by Gasteiger charge is -2.19. The Hall–Kier alpha value is -3.02. The molecule has 2 aromatic carbocycles. The molecule has 2 N–H and O–H groups in total. The molecule has 0 saturated carbocycles. The van der Waals surface area contributed by atoms with Crippen LogP contribution in [-0.4, -0.2) is 42.4 Å². The summed E-state index contributed by atoms with van der Waals surface area (Å²) in [5.74, 6) is -0.588. The molecule has 7 nitrogen and oxygen atoms in total. The predicted octanol–water partition coefficient (Wildman–Crippen LogP) is 4.76. The standard InChI is InChI=1S/C24H22F3NO6S/c1-23(2)12-33-20-16(8-14(9-17(20)23)11-32-6-5-29)15-7-13(3-4-18(15)34-24(25,26)27)10-19-21(30)28-22(31)35-19/h3-4,7-10,29H,5-6,11-12H2,1-2H3,(H,28,30,31)/b19-10-. The molecule has 1 saturated heterocycles. The van der Waals surface area contributed by atoms with Gasteiger partial charge in [-0.1, -0.05) is 19.9 Å². The second kappa shape index (κ2) is 9.56. The van der Waals surface area contributed by atoms with Crippen LogP contribution in [-0.2, 0) is 21.6 Å². The molecular formula is C24H22F3NO6S. The van der Waals surface area contributed by atoms with Crippen molar-refractivity contribution in [1.82, 2.24) is 5.32 Å². The van der Waals surface area contributed by atoms with Crippen molar-refractivity contribution < 1.29 is 42.1 Å². The summed E-state index contributed by atoms with van der Waals surface area (Å²) in [5.41, 5.74) is 1.95. The van der Waals surface area contributed by atoms with Gasteiger partial charge in [0, 0.05) is 22.1 Å². The summed E-state index contributed by atoms with van der Waals surface area (Å²) in [6, 6.07) is 7.52. The molecule has 186 valence electrons. The number of halogens is 3. The van der Waals surface area contributed by atoms with Crippen molar-refractivity contribution in [1.29, 1.82) is 0 Å². The quantitative estimate of drug-likeness (QED) is 0.411. The molecule has 0 aliphatic carbocycles. The fraction of sp³-hybridized carbons (Fsp3) is 0.333. The minimum Gasteiger partial charge on any atom is -0.492 e. The number of alkyl halides is 3. The largest absolute Gasteiger partial charge is 0.573 e. The Kier molecular flexibility index (Phi) is 6.85. The van der Waals surface area contributed by atoms with Gasteiger partial charge in [-0.2, -0.15) is 0 Å². The number of hydrogen-bond acceptors (Lipinski definition) is 7. The lowest BCUT2D eigenvalue weighted by atomic mass is 9.84. The summed E-state index contributed by atoms with van der Waals surface area (Å²) in [6.45, 7) is 4.32. The zero-order valence-electron chi connectivity index (χ0n) is 18.8. The summed E-state index contributed by atoms with van der Waals surface area (Å²) >= 11 is 0.707. The number of carbonyl (C=O) groups is 2. The third-order valence-electron chi connectivity index (χ3n) is 5.42. The van der Waals surface area contributed by atoms with Crippen molar-refractivity contribution in [2.75, 3.05) is 19.8 Å². The Morgan fingerprint density at radius 3 is 2.63 bits per heavy atom. The van der Waals surface area contributed by atoms with E-state index in [2.05, 4.69) is 10.1 Å². The van der Waals surface area contributed by atoms with E-state index in [0.717, 1.165) is 11.6 Å². The maximum absolute atomic E-state index is 13.2. The van der Waals surface area contributed by atoms with E-state index in [1.807, 2.05) is 19.9 Å². The van der Waals surface area contributed by atoms with Crippen molar-refractivity contribution >= 4 is 29.0 Å². The number of imide groups is 1. The van der Waals surface area contributed by atoms with Gasteiger partial charge in [-0.15, -0.1) is 13.2 Å². The zero-order valence-corrected chi connectivity index (χ0v) is 19.6. The monoisotopic (exact) mass is 509 g/mol. The number of benzene rings is 2. The van der Waals surface area contributed by atoms with Crippen LogP contribution in [0.2, 0.25) is 0 Å². The Morgan fingerprint density at radius 2 is 1.97 bits per heavy atom. The fourth-order valence-corrected chi connectivity index (χ4v) is 4.53. The van der Waals surface area contributed by atoms with Crippen molar-refractivity contribution in [2.45, 2.75) is 32.2 Å². The lowest BCUT2D eigenvalue weighted by molar-refractivity contribution is -0.274. The van der Waals surface area contributed by atoms with Gasteiger partial charge in [0.1, 0.15) is 11.5 Å². The van der Waals surface area contributed by atoms with E-state index in [1.54, 1.807) is 6.07 Å². The van der Waals surface area contributed by atoms with Crippen molar-refractivity contribution in [2.24, 2.45) is 0 Å². The molecule has 4 rings (SSSR count). The topological polar surface area (TPSA) is 94.1 Å². The van der Waals surface area contributed by atoms with Crippen LogP contribution in [0.15, 0.2) is 35.2 Å². The van der Waals surface area contributed by atoms with E-state index in [1.165, 1.54) is 18.2 Å². The first kappa shape index (κ1) is 25.1. The molecule has 2 aliphatic rings. The first-order valence-corrected chi connectivity index (χ1v) is 11.4. The molecule has 2 aromatic rings. The van der Waals surface area contributed by atoms with Gasteiger partial charge in [0.25, 0.3) is 11.1 Å². The molecule has 0 atom stereocenters. The number of fused-ring (bicyclic) bond motifs is 1. The summed E-state index contributed by atoms with van der Waals surface area (Å²) in [5, 5.41) is 10.6. The lowest BCUT2D eigenvalue weighted by Crippen LogP contribution is -2.18. The van der Waals surface area contributed by atoms with Gasteiger partial charge in [0.15, 0.2) is 0 Å². The van der Waals surface area contributed by atoms with E-state index in [9.17, 15) is 22.8 Å². The number of carbonyl (C=O) groups excluding carboxylic acids is 2. The van der Waals surface area contributed by atoms with Crippen LogP contribution in [0.3, 0.4) is 0 Å². The Balaban J connectivity index is 1.87. The van der Waals surface area contributed by atoms with Crippen LogP contribution in [0.1, 0.15) is 30.5 Å². The minimum absolute atomic E-state index is 0.101. The number of amides is 2. The fourth-order valence-electron chi connectivity index (χ4n) is 3.85. The minimum atomic E-state index is -4.94. The predicted molar refractivity (Wildman–Crippen MR) is 123 cm³/mol. The third kappa shape index (κ3) is 5.63. The maximum atomic E-state index is 13.2. The molecule has 0 aromatic heterocycles. The summed E-state index contributed by atoms with van der Waals surface area (Å²) in [6.07, 6.45) is -3.52. The van der Waals surface area contributed by atoms with Crippen molar-refractivity contribution in [3.05, 3.63) is 51.9 Å². The number of aliphatic hydroxyl groups excluding tert-OH is 1. The summed E-state index contributed by atoms with van der Waals surface area (Å²) in [7, 11) is 0. The number of nitrogens with one attached hydrogen (secondary N) is 1. The highest BCUT2D eigenvalue weighted by Gasteiger charge is 2.37. The van der Waals surface area contributed by atoms with Crippen LogP contribution in [0.5, 0.6) is 11.5 Å². The molecular weight excluding hydrogens is 487 g/mol. The Morgan fingerprint density at radius 1 is 1.20 bits per heavy atom. The van der Waals surface area contributed by atoms with E-state index < -0.39 is 28.7 Å². The van der Waals surface area contributed by atoms with Crippen LogP contribution in [0.4, 0.5) is 18.0 Å². The molecule has 1 fully saturated rings. The van der Waals surface area contributed by atoms with Gasteiger partial charge in [0.2, 0.25) is 0 Å². The highest BCUT2D eigenvalue weighted by Crippen LogP contribution is 2.48. The second-order valence-electron chi connectivity index (χ2n) is 8.62.